The summed E-state index contributed by atoms with van der Waals surface area (Å²) in [7, 11) is 0. The highest BCUT2D eigenvalue weighted by atomic mass is 16.2. The highest BCUT2D eigenvalue weighted by Gasteiger charge is 2.52. The Bertz CT molecular complexity index is 832. The van der Waals surface area contributed by atoms with Gasteiger partial charge in [-0.05, 0) is 56.1 Å². The van der Waals surface area contributed by atoms with Crippen molar-refractivity contribution < 1.29 is 14.4 Å². The van der Waals surface area contributed by atoms with E-state index >= 15 is 0 Å². The average Bonchev–Trinajstić information content (AvgIpc) is 2.92. The maximum atomic E-state index is 13.0. The molecule has 1 aliphatic heterocycles. The van der Waals surface area contributed by atoms with Gasteiger partial charge in [-0.3, -0.25) is 14.5 Å². The van der Waals surface area contributed by atoms with Crippen LogP contribution in [-0.4, -0.2) is 41.4 Å². The molecular formula is C22H27N3O3. The van der Waals surface area contributed by atoms with Gasteiger partial charge in [-0.1, -0.05) is 35.9 Å². The summed E-state index contributed by atoms with van der Waals surface area (Å²) in [6.45, 7) is 0.333. The second kappa shape index (κ2) is 7.78. The third-order valence-corrected chi connectivity index (χ3v) is 6.13. The fourth-order valence-corrected chi connectivity index (χ4v) is 4.54. The zero-order valence-corrected chi connectivity index (χ0v) is 16.1. The standard InChI is InChI=1S/C22H27N3O3/c26-19(23-13-11-16-6-2-1-3-7-16)15-25-20(27)22(24-21(25)28)12-10-17-8-4-5-9-18(17)14-22/h4-6,8-9H,1-3,7,10-15H2,(H,23,26)(H,24,28)/t22-/m1/s1. The molecule has 1 fully saturated rings. The summed E-state index contributed by atoms with van der Waals surface area (Å²) < 4.78 is 0. The molecule has 0 aromatic heterocycles. The van der Waals surface area contributed by atoms with Gasteiger partial charge in [0.2, 0.25) is 5.91 Å². The molecule has 4 rings (SSSR count). The van der Waals surface area contributed by atoms with Crippen molar-refractivity contribution in [2.24, 2.45) is 0 Å². The van der Waals surface area contributed by atoms with Crippen molar-refractivity contribution in [2.45, 2.75) is 56.9 Å². The number of nitrogens with zero attached hydrogens (tertiary/aromatic N) is 1. The minimum Gasteiger partial charge on any atom is -0.354 e. The van der Waals surface area contributed by atoms with Gasteiger partial charge < -0.3 is 10.6 Å². The third kappa shape index (κ3) is 3.68. The van der Waals surface area contributed by atoms with Crippen molar-refractivity contribution in [1.29, 1.82) is 0 Å². The number of fused-ring (bicyclic) bond motifs is 1. The molecule has 1 heterocycles. The van der Waals surface area contributed by atoms with E-state index in [4.69, 9.17) is 0 Å². The largest absolute Gasteiger partial charge is 0.354 e. The van der Waals surface area contributed by atoms with Crippen molar-refractivity contribution in [3.63, 3.8) is 0 Å². The minimum atomic E-state index is -0.904. The number of carbonyl (C=O) groups excluding carboxylic acids is 3. The smallest absolute Gasteiger partial charge is 0.325 e. The molecule has 0 unspecified atom stereocenters. The molecular weight excluding hydrogens is 354 g/mol. The van der Waals surface area contributed by atoms with Crippen molar-refractivity contribution in [3.8, 4) is 0 Å². The molecule has 1 aromatic rings. The topological polar surface area (TPSA) is 78.5 Å². The monoisotopic (exact) mass is 381 g/mol. The minimum absolute atomic E-state index is 0.215. The number of urea groups is 1. The summed E-state index contributed by atoms with van der Waals surface area (Å²) >= 11 is 0. The average molecular weight is 381 g/mol. The van der Waals surface area contributed by atoms with Gasteiger partial charge >= 0.3 is 6.03 Å². The molecule has 2 aliphatic carbocycles. The summed E-state index contributed by atoms with van der Waals surface area (Å²) in [6.07, 6.45) is 9.59. The van der Waals surface area contributed by atoms with Gasteiger partial charge in [0.05, 0.1) is 0 Å². The number of rotatable bonds is 5. The van der Waals surface area contributed by atoms with Crippen LogP contribution < -0.4 is 10.6 Å². The molecule has 6 heteroatoms. The second-order valence-electron chi connectivity index (χ2n) is 8.06. The molecule has 1 saturated heterocycles. The third-order valence-electron chi connectivity index (χ3n) is 6.13. The lowest BCUT2D eigenvalue weighted by Gasteiger charge is -2.32. The van der Waals surface area contributed by atoms with Crippen LogP contribution in [0, 0.1) is 0 Å². The number of imide groups is 1. The molecule has 1 aromatic carbocycles. The molecule has 0 saturated carbocycles. The number of nitrogens with one attached hydrogen (secondary N) is 2. The van der Waals surface area contributed by atoms with Crippen molar-refractivity contribution in [3.05, 3.63) is 47.0 Å². The molecule has 1 spiro atoms. The predicted molar refractivity (Wildman–Crippen MR) is 106 cm³/mol. The molecule has 3 aliphatic rings. The van der Waals surface area contributed by atoms with Gasteiger partial charge in [-0.15, -0.1) is 0 Å². The van der Waals surface area contributed by atoms with E-state index in [1.54, 1.807) is 0 Å². The summed E-state index contributed by atoms with van der Waals surface area (Å²) in [6, 6.07) is 7.55. The van der Waals surface area contributed by atoms with Crippen LogP contribution in [0.5, 0.6) is 0 Å². The number of carbonyl (C=O) groups is 3. The number of allylic oxidation sites excluding steroid dienone is 1. The molecule has 28 heavy (non-hydrogen) atoms. The van der Waals surface area contributed by atoms with E-state index < -0.39 is 11.6 Å². The Morgan fingerprint density at radius 2 is 1.96 bits per heavy atom. The molecule has 0 bridgehead atoms. The quantitative estimate of drug-likeness (QED) is 0.608. The lowest BCUT2D eigenvalue weighted by atomic mass is 9.78. The number of amides is 4. The van der Waals surface area contributed by atoms with Crippen LogP contribution in [0.25, 0.3) is 0 Å². The summed E-state index contributed by atoms with van der Waals surface area (Å²) in [4.78, 5) is 38.8. The second-order valence-corrected chi connectivity index (χ2v) is 8.06. The van der Waals surface area contributed by atoms with Crippen LogP contribution in [0.4, 0.5) is 4.79 Å². The highest BCUT2D eigenvalue weighted by molar-refractivity contribution is 6.09. The SMILES string of the molecule is O=C(CN1C(=O)N[C@@]2(CCc3ccccc3C2)C1=O)NCCC1=CCCCC1. The molecule has 4 amide bonds. The van der Waals surface area contributed by atoms with E-state index in [0.29, 0.717) is 19.4 Å². The van der Waals surface area contributed by atoms with Crippen molar-refractivity contribution >= 4 is 17.8 Å². The Labute approximate surface area is 165 Å². The van der Waals surface area contributed by atoms with E-state index in [2.05, 4.69) is 22.8 Å². The Morgan fingerprint density at radius 3 is 2.75 bits per heavy atom. The number of hydrogen-bond donors (Lipinski definition) is 2. The van der Waals surface area contributed by atoms with Gasteiger partial charge in [0, 0.05) is 13.0 Å². The Kier molecular flexibility index (Phi) is 5.20. The van der Waals surface area contributed by atoms with Gasteiger partial charge in [0.1, 0.15) is 12.1 Å². The maximum absolute atomic E-state index is 13.0. The van der Waals surface area contributed by atoms with E-state index in [1.165, 1.54) is 24.0 Å². The normalized spacial score (nSPS) is 24.0. The Balaban J connectivity index is 1.34. The maximum Gasteiger partial charge on any atom is 0.325 e. The van der Waals surface area contributed by atoms with E-state index in [0.717, 1.165) is 36.1 Å². The lowest BCUT2D eigenvalue weighted by molar-refractivity contribution is -0.135. The Morgan fingerprint density at radius 1 is 1.14 bits per heavy atom. The van der Waals surface area contributed by atoms with E-state index in [-0.39, 0.29) is 18.4 Å². The number of aryl methyl sites for hydroxylation is 1. The van der Waals surface area contributed by atoms with Crippen LogP contribution in [-0.2, 0) is 22.4 Å². The van der Waals surface area contributed by atoms with E-state index in [1.807, 2.05) is 18.2 Å². The zero-order chi connectivity index (χ0) is 19.6. The van der Waals surface area contributed by atoms with Gasteiger partial charge in [0.25, 0.3) is 5.91 Å². The van der Waals surface area contributed by atoms with Crippen LogP contribution in [0.1, 0.15) is 49.7 Å². The Hall–Kier alpha value is -2.63. The fraction of sp³-hybridized carbons (Fsp3) is 0.500. The summed E-state index contributed by atoms with van der Waals surface area (Å²) in [5, 5.41) is 5.72. The molecule has 6 nitrogen and oxygen atoms in total. The van der Waals surface area contributed by atoms with Gasteiger partial charge in [-0.25, -0.2) is 4.79 Å². The molecule has 2 N–H and O–H groups in total. The van der Waals surface area contributed by atoms with Gasteiger partial charge in [-0.2, -0.15) is 0 Å². The van der Waals surface area contributed by atoms with Crippen LogP contribution in [0.15, 0.2) is 35.9 Å². The van der Waals surface area contributed by atoms with Crippen LogP contribution in [0.3, 0.4) is 0 Å². The zero-order valence-electron chi connectivity index (χ0n) is 16.1. The summed E-state index contributed by atoms with van der Waals surface area (Å²) in [5.74, 6) is -0.565. The predicted octanol–water partition coefficient (Wildman–Crippen LogP) is 2.47. The molecule has 1 atom stereocenters. The fourth-order valence-electron chi connectivity index (χ4n) is 4.54. The van der Waals surface area contributed by atoms with Crippen molar-refractivity contribution in [1.82, 2.24) is 15.5 Å². The first-order valence-corrected chi connectivity index (χ1v) is 10.2. The number of hydrogen-bond acceptors (Lipinski definition) is 3. The molecule has 0 radical (unpaired) electrons. The van der Waals surface area contributed by atoms with Crippen LogP contribution in [0.2, 0.25) is 0 Å². The van der Waals surface area contributed by atoms with Crippen molar-refractivity contribution in [2.75, 3.05) is 13.1 Å². The lowest BCUT2D eigenvalue weighted by Crippen LogP contribution is -2.51. The molecule has 148 valence electrons. The van der Waals surface area contributed by atoms with Gasteiger partial charge in [0.15, 0.2) is 0 Å². The summed E-state index contributed by atoms with van der Waals surface area (Å²) in [5.41, 5.74) is 2.80. The first kappa shape index (κ1) is 18.7. The first-order valence-electron chi connectivity index (χ1n) is 10.2. The first-order chi connectivity index (χ1) is 13.6. The number of benzene rings is 1. The highest BCUT2D eigenvalue weighted by Crippen LogP contribution is 2.33. The van der Waals surface area contributed by atoms with E-state index in [9.17, 15) is 14.4 Å². The van der Waals surface area contributed by atoms with Crippen LogP contribution >= 0.6 is 0 Å².